The molecular weight excluding hydrogens is 460 g/mol. The van der Waals surface area contributed by atoms with Crippen LogP contribution in [0, 0.1) is 13.8 Å². The van der Waals surface area contributed by atoms with Gasteiger partial charge < -0.3 is 14.2 Å². The minimum atomic E-state index is -1.09. The van der Waals surface area contributed by atoms with Gasteiger partial charge in [-0.2, -0.15) is 0 Å². The van der Waals surface area contributed by atoms with Crippen LogP contribution in [0.25, 0.3) is 0 Å². The fourth-order valence-corrected chi connectivity index (χ4v) is 6.01. The molecule has 3 rings (SSSR count). The van der Waals surface area contributed by atoms with Gasteiger partial charge in [0, 0.05) is 17.4 Å². The van der Waals surface area contributed by atoms with Crippen molar-refractivity contribution >= 4 is 35.1 Å². The summed E-state index contributed by atoms with van der Waals surface area (Å²) >= 11 is 8.12. The molecule has 7 heteroatoms. The van der Waals surface area contributed by atoms with Crippen molar-refractivity contribution in [3.63, 3.8) is 0 Å². The number of thioether (sulfide) groups is 1. The maximum absolute atomic E-state index is 14.2. The number of ketones is 1. The Bertz CT molecular complexity index is 960. The average molecular weight is 491 g/mol. The number of halogens is 1. The van der Waals surface area contributed by atoms with Crippen molar-refractivity contribution in [1.82, 2.24) is 0 Å². The van der Waals surface area contributed by atoms with Crippen molar-refractivity contribution in [2.45, 2.75) is 50.0 Å². The van der Waals surface area contributed by atoms with Gasteiger partial charge in [-0.1, -0.05) is 29.8 Å². The number of esters is 1. The second-order valence-corrected chi connectivity index (χ2v) is 10.1. The third-order valence-corrected chi connectivity index (χ3v) is 7.75. The van der Waals surface area contributed by atoms with E-state index in [1.807, 2.05) is 44.2 Å². The van der Waals surface area contributed by atoms with Crippen LogP contribution in [0.4, 0.5) is 0 Å². The molecule has 33 heavy (non-hydrogen) atoms. The Morgan fingerprint density at radius 2 is 1.94 bits per heavy atom. The number of hydrogen-bond acceptors (Lipinski definition) is 6. The maximum atomic E-state index is 14.2. The van der Waals surface area contributed by atoms with Crippen LogP contribution in [0.1, 0.15) is 47.9 Å². The highest BCUT2D eigenvalue weighted by Crippen LogP contribution is 2.43. The molecule has 0 amide bonds. The molecule has 2 unspecified atom stereocenters. The zero-order valence-electron chi connectivity index (χ0n) is 19.6. The van der Waals surface area contributed by atoms with E-state index in [4.69, 9.17) is 25.8 Å². The number of rotatable bonds is 9. The van der Waals surface area contributed by atoms with Crippen molar-refractivity contribution in [2.75, 3.05) is 26.9 Å². The summed E-state index contributed by atoms with van der Waals surface area (Å²) in [5, 5.41) is 0.408. The molecule has 0 spiro atoms. The predicted molar refractivity (Wildman–Crippen MR) is 132 cm³/mol. The summed E-state index contributed by atoms with van der Waals surface area (Å²) in [6, 6.07) is 11.5. The van der Waals surface area contributed by atoms with Crippen molar-refractivity contribution in [2.24, 2.45) is 0 Å². The molecule has 1 fully saturated rings. The molecule has 0 saturated carbocycles. The standard InChI is InChI=1S/C26H31ClO5S/c1-5-32-25(29)23(22-18(3)13-17(2)14-21(22)27)24(28)26(11-6-12-31-16-26)33-15-19-7-9-20(30-4)10-8-19/h7-10,13-14,23H,5-6,11-12,15-16H2,1-4H3. The quantitative estimate of drug-likeness (QED) is 0.333. The summed E-state index contributed by atoms with van der Waals surface area (Å²) in [6.07, 6.45) is 1.38. The van der Waals surface area contributed by atoms with Gasteiger partial charge in [-0.3, -0.25) is 9.59 Å². The predicted octanol–water partition coefficient (Wildman–Crippen LogP) is 5.66. The molecule has 0 bridgehead atoms. The van der Waals surface area contributed by atoms with E-state index < -0.39 is 16.6 Å². The summed E-state index contributed by atoms with van der Waals surface area (Å²) in [7, 11) is 1.63. The highest BCUT2D eigenvalue weighted by atomic mass is 35.5. The summed E-state index contributed by atoms with van der Waals surface area (Å²) in [5.41, 5.74) is 3.37. The molecule has 0 aromatic heterocycles. The lowest BCUT2D eigenvalue weighted by molar-refractivity contribution is -0.149. The molecule has 1 saturated heterocycles. The largest absolute Gasteiger partial charge is 0.497 e. The molecule has 178 valence electrons. The van der Waals surface area contributed by atoms with E-state index in [9.17, 15) is 9.59 Å². The van der Waals surface area contributed by atoms with Crippen LogP contribution in [0.15, 0.2) is 36.4 Å². The first-order chi connectivity index (χ1) is 15.8. The van der Waals surface area contributed by atoms with Crippen LogP contribution in [0.5, 0.6) is 5.75 Å². The highest BCUT2D eigenvalue weighted by Gasteiger charge is 2.48. The lowest BCUT2D eigenvalue weighted by atomic mass is 9.82. The van der Waals surface area contributed by atoms with Crippen LogP contribution in [0.2, 0.25) is 5.02 Å². The minimum Gasteiger partial charge on any atom is -0.497 e. The van der Waals surface area contributed by atoms with Crippen molar-refractivity contribution in [3.05, 3.63) is 63.7 Å². The van der Waals surface area contributed by atoms with E-state index in [0.717, 1.165) is 28.9 Å². The average Bonchev–Trinajstić information content (AvgIpc) is 2.80. The number of Topliss-reactive ketones (excluding diaryl/α,β-unsaturated/α-hetero) is 1. The first-order valence-corrected chi connectivity index (χ1v) is 12.5. The molecule has 1 aliphatic rings. The SMILES string of the molecule is CCOC(=O)C(C(=O)C1(SCc2ccc(OC)cc2)CCCOC1)c1c(C)cc(C)cc1Cl. The highest BCUT2D eigenvalue weighted by molar-refractivity contribution is 8.00. The first kappa shape index (κ1) is 25.6. The third-order valence-electron chi connectivity index (χ3n) is 5.88. The first-order valence-electron chi connectivity index (χ1n) is 11.1. The van der Waals surface area contributed by atoms with Crippen LogP contribution in [-0.4, -0.2) is 43.4 Å². The maximum Gasteiger partial charge on any atom is 0.321 e. The fourth-order valence-electron chi connectivity index (χ4n) is 4.23. The topological polar surface area (TPSA) is 61.8 Å². The molecule has 2 atom stereocenters. The van der Waals surface area contributed by atoms with Gasteiger partial charge in [0.25, 0.3) is 0 Å². The van der Waals surface area contributed by atoms with Crippen molar-refractivity contribution < 1.29 is 23.8 Å². The number of carbonyl (C=O) groups is 2. The van der Waals surface area contributed by atoms with Gasteiger partial charge in [-0.25, -0.2) is 0 Å². The van der Waals surface area contributed by atoms with Gasteiger partial charge in [0.15, 0.2) is 5.78 Å². The lowest BCUT2D eigenvalue weighted by Gasteiger charge is -2.37. The molecule has 1 aliphatic heterocycles. The van der Waals surface area contributed by atoms with E-state index in [1.165, 1.54) is 11.8 Å². The van der Waals surface area contributed by atoms with Crippen molar-refractivity contribution in [3.8, 4) is 5.75 Å². The molecule has 5 nitrogen and oxygen atoms in total. The van der Waals surface area contributed by atoms with Crippen LogP contribution in [0.3, 0.4) is 0 Å². The summed E-state index contributed by atoms with van der Waals surface area (Å²) in [6.45, 7) is 6.60. The minimum absolute atomic E-state index is 0.188. The van der Waals surface area contributed by atoms with E-state index in [-0.39, 0.29) is 19.0 Å². The monoisotopic (exact) mass is 490 g/mol. The van der Waals surface area contributed by atoms with Gasteiger partial charge in [0.2, 0.25) is 0 Å². The smallest absolute Gasteiger partial charge is 0.321 e. The zero-order chi connectivity index (χ0) is 24.0. The Morgan fingerprint density at radius 3 is 2.52 bits per heavy atom. The molecule has 2 aromatic carbocycles. The van der Waals surface area contributed by atoms with Crippen molar-refractivity contribution in [1.29, 1.82) is 0 Å². The number of benzene rings is 2. The molecule has 2 aromatic rings. The number of ether oxygens (including phenoxy) is 3. The second kappa shape index (κ2) is 11.4. The molecular formula is C26H31ClO5S. The number of aryl methyl sites for hydroxylation is 2. The van der Waals surface area contributed by atoms with Gasteiger partial charge in [0.05, 0.1) is 25.1 Å². The van der Waals surface area contributed by atoms with E-state index in [0.29, 0.717) is 29.4 Å². The number of hydrogen-bond donors (Lipinski definition) is 0. The van der Waals surface area contributed by atoms with Gasteiger partial charge in [0.1, 0.15) is 11.7 Å². The van der Waals surface area contributed by atoms with Crippen LogP contribution >= 0.6 is 23.4 Å². The Balaban J connectivity index is 1.98. The van der Waals surface area contributed by atoms with E-state index in [2.05, 4.69) is 0 Å². The van der Waals surface area contributed by atoms with Crippen LogP contribution < -0.4 is 4.74 Å². The molecule has 0 radical (unpaired) electrons. The lowest BCUT2D eigenvalue weighted by Crippen LogP contribution is -2.48. The molecule has 0 N–H and O–H groups in total. The summed E-state index contributed by atoms with van der Waals surface area (Å²) in [4.78, 5) is 27.3. The number of methoxy groups -OCH3 is 1. The zero-order valence-corrected chi connectivity index (χ0v) is 21.2. The fraction of sp³-hybridized carbons (Fsp3) is 0.462. The van der Waals surface area contributed by atoms with Gasteiger partial charge >= 0.3 is 5.97 Å². The summed E-state index contributed by atoms with van der Waals surface area (Å²) in [5.74, 6) is -0.472. The van der Waals surface area contributed by atoms with Crippen LogP contribution in [-0.2, 0) is 24.8 Å². The third kappa shape index (κ3) is 5.92. The summed E-state index contributed by atoms with van der Waals surface area (Å²) < 4.78 is 15.5. The Morgan fingerprint density at radius 1 is 1.21 bits per heavy atom. The number of carbonyl (C=O) groups excluding carboxylic acids is 2. The Kier molecular flexibility index (Phi) is 8.85. The van der Waals surface area contributed by atoms with E-state index in [1.54, 1.807) is 20.1 Å². The van der Waals surface area contributed by atoms with Gasteiger partial charge in [-0.15, -0.1) is 11.8 Å². The second-order valence-electron chi connectivity index (χ2n) is 8.31. The normalized spacial score (nSPS) is 19.1. The molecule has 0 aliphatic carbocycles. The van der Waals surface area contributed by atoms with Gasteiger partial charge in [-0.05, 0) is 74.1 Å². The Labute approximate surface area is 205 Å². The molecule has 1 heterocycles. The van der Waals surface area contributed by atoms with E-state index >= 15 is 0 Å². The Hall–Kier alpha value is -2.02.